The van der Waals surface area contributed by atoms with E-state index in [9.17, 15) is 18.3 Å². The molecule has 0 aliphatic heterocycles. The number of aryl methyl sites for hydroxylation is 1. The zero-order chi connectivity index (χ0) is 23.6. The van der Waals surface area contributed by atoms with Crippen LogP contribution in [0.15, 0.2) is 65.6 Å². The highest BCUT2D eigenvalue weighted by molar-refractivity contribution is 7.89. The molecule has 3 N–H and O–H groups in total. The Morgan fingerprint density at radius 2 is 1.58 bits per heavy atom. The Hall–Kier alpha value is -2.74. The summed E-state index contributed by atoms with van der Waals surface area (Å²) in [7, 11) is -4.01. The van der Waals surface area contributed by atoms with E-state index < -0.39 is 15.7 Å². The maximum Gasteiger partial charge on any atom is 0.255 e. The second kappa shape index (κ2) is 9.25. The van der Waals surface area contributed by atoms with E-state index in [1.807, 2.05) is 19.1 Å². The van der Waals surface area contributed by atoms with Gasteiger partial charge in [0.2, 0.25) is 10.0 Å². The van der Waals surface area contributed by atoms with Crippen molar-refractivity contribution in [3.63, 3.8) is 0 Å². The first-order valence-electron chi connectivity index (χ1n) is 11.3. The molecule has 0 saturated heterocycles. The summed E-state index contributed by atoms with van der Waals surface area (Å²) in [6.45, 7) is 3.41. The van der Waals surface area contributed by atoms with Crippen LogP contribution in [0.5, 0.6) is 0 Å². The third-order valence-electron chi connectivity index (χ3n) is 6.55. The SMILES string of the molecule is Cc1ccccc1C(=O)Nc1ccc(S(=O)(=O)N[C@@](C)(O)C2CCCCC2)c2ccccc12. The number of anilines is 1. The molecule has 0 heterocycles. The van der Waals surface area contributed by atoms with Gasteiger partial charge in [0, 0.05) is 27.9 Å². The molecule has 174 valence electrons. The molecule has 0 spiro atoms. The smallest absolute Gasteiger partial charge is 0.255 e. The van der Waals surface area contributed by atoms with Crippen LogP contribution in [0.2, 0.25) is 0 Å². The third-order valence-corrected chi connectivity index (χ3v) is 8.17. The molecular weight excluding hydrogens is 436 g/mol. The number of carbonyl (C=O) groups is 1. The maximum atomic E-state index is 13.3. The molecule has 1 aliphatic rings. The van der Waals surface area contributed by atoms with E-state index in [2.05, 4.69) is 10.0 Å². The summed E-state index contributed by atoms with van der Waals surface area (Å²) in [4.78, 5) is 12.9. The molecule has 3 aromatic carbocycles. The molecule has 1 fully saturated rings. The number of amides is 1. The molecule has 1 saturated carbocycles. The van der Waals surface area contributed by atoms with E-state index >= 15 is 0 Å². The van der Waals surface area contributed by atoms with Crippen molar-refractivity contribution in [2.75, 3.05) is 5.32 Å². The van der Waals surface area contributed by atoms with Crippen molar-refractivity contribution in [3.8, 4) is 0 Å². The van der Waals surface area contributed by atoms with Crippen LogP contribution in [0.3, 0.4) is 0 Å². The molecule has 0 bridgehead atoms. The summed E-state index contributed by atoms with van der Waals surface area (Å²) in [6.07, 6.45) is 4.67. The van der Waals surface area contributed by atoms with E-state index in [1.165, 1.54) is 6.07 Å². The van der Waals surface area contributed by atoms with Gasteiger partial charge >= 0.3 is 0 Å². The van der Waals surface area contributed by atoms with E-state index in [4.69, 9.17) is 0 Å². The highest BCUT2D eigenvalue weighted by atomic mass is 32.2. The number of benzene rings is 3. The molecule has 1 atom stereocenters. The van der Waals surface area contributed by atoms with Gasteiger partial charge in [-0.1, -0.05) is 61.7 Å². The molecule has 3 aromatic rings. The minimum absolute atomic E-state index is 0.0723. The minimum Gasteiger partial charge on any atom is -0.375 e. The number of fused-ring (bicyclic) bond motifs is 1. The zero-order valence-electron chi connectivity index (χ0n) is 19.0. The van der Waals surface area contributed by atoms with E-state index in [0.717, 1.165) is 37.7 Å². The lowest BCUT2D eigenvalue weighted by Crippen LogP contribution is -2.51. The van der Waals surface area contributed by atoms with Crippen molar-refractivity contribution in [1.82, 2.24) is 4.72 Å². The second-order valence-corrected chi connectivity index (χ2v) is 10.7. The largest absolute Gasteiger partial charge is 0.375 e. The Kier molecular flexibility index (Phi) is 6.56. The fourth-order valence-electron chi connectivity index (χ4n) is 4.71. The van der Waals surface area contributed by atoms with Crippen LogP contribution in [0, 0.1) is 12.8 Å². The summed E-state index contributed by atoms with van der Waals surface area (Å²) in [5, 5.41) is 15.0. The van der Waals surface area contributed by atoms with Crippen LogP contribution < -0.4 is 10.0 Å². The number of aliphatic hydroxyl groups is 1. The Balaban J connectivity index is 1.67. The van der Waals surface area contributed by atoms with Gasteiger partial charge in [-0.25, -0.2) is 8.42 Å². The van der Waals surface area contributed by atoms with Crippen molar-refractivity contribution < 1.29 is 18.3 Å². The average molecular weight is 467 g/mol. The highest BCUT2D eigenvalue weighted by Gasteiger charge is 2.37. The lowest BCUT2D eigenvalue weighted by Gasteiger charge is -2.35. The van der Waals surface area contributed by atoms with E-state index in [-0.39, 0.29) is 16.7 Å². The molecular formula is C26H30N2O4S. The molecule has 6 nitrogen and oxygen atoms in total. The third kappa shape index (κ3) is 4.95. The first kappa shape index (κ1) is 23.4. The number of hydrogen-bond acceptors (Lipinski definition) is 4. The summed E-state index contributed by atoms with van der Waals surface area (Å²) >= 11 is 0. The summed E-state index contributed by atoms with van der Waals surface area (Å²) in [5.74, 6) is -0.382. The first-order chi connectivity index (χ1) is 15.7. The van der Waals surface area contributed by atoms with Crippen molar-refractivity contribution in [2.24, 2.45) is 5.92 Å². The maximum absolute atomic E-state index is 13.3. The molecule has 4 rings (SSSR count). The number of carbonyl (C=O) groups excluding carboxylic acids is 1. The molecule has 33 heavy (non-hydrogen) atoms. The zero-order valence-corrected chi connectivity index (χ0v) is 19.8. The molecule has 0 radical (unpaired) electrons. The normalized spacial score (nSPS) is 16.9. The average Bonchev–Trinajstić information content (AvgIpc) is 2.79. The number of hydrogen-bond donors (Lipinski definition) is 3. The summed E-state index contributed by atoms with van der Waals surface area (Å²) in [5.41, 5.74) is 0.408. The molecule has 1 aliphatic carbocycles. The van der Waals surface area contributed by atoms with E-state index in [1.54, 1.807) is 49.4 Å². The van der Waals surface area contributed by atoms with Gasteiger partial charge in [0.05, 0.1) is 4.90 Å². The number of sulfonamides is 1. The van der Waals surface area contributed by atoms with Gasteiger partial charge in [-0.3, -0.25) is 4.79 Å². The number of nitrogens with one attached hydrogen (secondary N) is 2. The molecule has 0 unspecified atom stereocenters. The summed E-state index contributed by atoms with van der Waals surface area (Å²) in [6, 6.07) is 17.4. The topological polar surface area (TPSA) is 95.5 Å². The quantitative estimate of drug-likeness (QED) is 0.447. The predicted octanol–water partition coefficient (Wildman–Crippen LogP) is 4.97. The van der Waals surface area contributed by atoms with Crippen molar-refractivity contribution >= 4 is 32.4 Å². The second-order valence-electron chi connectivity index (χ2n) is 9.01. The molecule has 0 aromatic heterocycles. The Bertz CT molecular complexity index is 1280. The van der Waals surface area contributed by atoms with Gasteiger partial charge in [-0.15, -0.1) is 0 Å². The summed E-state index contributed by atoms with van der Waals surface area (Å²) < 4.78 is 29.2. The van der Waals surface area contributed by atoms with Gasteiger partial charge in [0.1, 0.15) is 5.72 Å². The van der Waals surface area contributed by atoms with Crippen LogP contribution in [0.25, 0.3) is 10.8 Å². The first-order valence-corrected chi connectivity index (χ1v) is 12.8. The van der Waals surface area contributed by atoms with Crippen LogP contribution in [0.1, 0.15) is 54.9 Å². The van der Waals surface area contributed by atoms with Gasteiger partial charge < -0.3 is 10.4 Å². The van der Waals surface area contributed by atoms with Crippen molar-refractivity contribution in [3.05, 3.63) is 71.8 Å². The molecule has 1 amide bonds. The lowest BCUT2D eigenvalue weighted by atomic mass is 9.83. The fourth-order valence-corrected chi connectivity index (χ4v) is 6.24. The van der Waals surface area contributed by atoms with Crippen LogP contribution in [-0.4, -0.2) is 25.2 Å². The minimum atomic E-state index is -4.01. The molecule has 7 heteroatoms. The van der Waals surface area contributed by atoms with Gasteiger partial charge in [0.25, 0.3) is 5.91 Å². The Labute approximate surface area is 195 Å². The standard InChI is InChI=1S/C26H30N2O4S/c1-18-10-6-7-13-20(18)25(29)27-23-16-17-24(22-15-9-8-14-21(22)23)33(31,32)28-26(2,30)19-11-4-3-5-12-19/h6-10,13-17,19,28,30H,3-5,11-12H2,1-2H3,(H,27,29)/t26-/m0/s1. The Morgan fingerprint density at radius 1 is 0.939 bits per heavy atom. The Morgan fingerprint density at radius 3 is 2.27 bits per heavy atom. The van der Waals surface area contributed by atoms with Crippen LogP contribution in [-0.2, 0) is 10.0 Å². The van der Waals surface area contributed by atoms with Gasteiger partial charge in [0.15, 0.2) is 0 Å². The highest BCUT2D eigenvalue weighted by Crippen LogP contribution is 2.34. The number of rotatable bonds is 6. The monoisotopic (exact) mass is 466 g/mol. The fraction of sp³-hybridized carbons (Fsp3) is 0.346. The predicted molar refractivity (Wildman–Crippen MR) is 131 cm³/mol. The van der Waals surface area contributed by atoms with Crippen LogP contribution >= 0.6 is 0 Å². The van der Waals surface area contributed by atoms with Crippen molar-refractivity contribution in [2.45, 2.75) is 56.6 Å². The lowest BCUT2D eigenvalue weighted by molar-refractivity contribution is -0.0262. The van der Waals surface area contributed by atoms with Crippen molar-refractivity contribution in [1.29, 1.82) is 0 Å². The van der Waals surface area contributed by atoms with Gasteiger partial charge in [-0.2, -0.15) is 4.72 Å². The van der Waals surface area contributed by atoms with Gasteiger partial charge in [-0.05, 0) is 50.5 Å². The van der Waals surface area contributed by atoms with E-state index in [0.29, 0.717) is 22.0 Å². The van der Waals surface area contributed by atoms with Crippen LogP contribution in [0.4, 0.5) is 5.69 Å².